The third-order valence-electron chi connectivity index (χ3n) is 3.90. The van der Waals surface area contributed by atoms with Gasteiger partial charge in [0.25, 0.3) is 5.91 Å². The fraction of sp³-hybridized carbons (Fsp3) is 0.368. The predicted molar refractivity (Wildman–Crippen MR) is 105 cm³/mol. The monoisotopic (exact) mass is 356 g/mol. The van der Waals surface area contributed by atoms with E-state index in [2.05, 4.69) is 54.9 Å². The molecular weight excluding hydrogens is 332 g/mol. The van der Waals surface area contributed by atoms with Crippen molar-refractivity contribution in [3.63, 3.8) is 0 Å². The molecule has 0 spiro atoms. The summed E-state index contributed by atoms with van der Waals surface area (Å²) in [5, 5.41) is 2.98. The Labute approximate surface area is 152 Å². The highest BCUT2D eigenvalue weighted by Crippen LogP contribution is 2.32. The van der Waals surface area contributed by atoms with Crippen LogP contribution in [0.4, 0.5) is 5.95 Å². The molecule has 0 fully saturated rings. The maximum Gasteiger partial charge on any atom is 0.261 e. The minimum absolute atomic E-state index is 0.0291. The smallest absolute Gasteiger partial charge is 0.261 e. The molecule has 0 unspecified atom stereocenters. The molecule has 5 nitrogen and oxygen atoms in total. The second-order valence-electron chi connectivity index (χ2n) is 6.88. The highest BCUT2D eigenvalue weighted by molar-refractivity contribution is 7.20. The van der Waals surface area contributed by atoms with Crippen molar-refractivity contribution in [3.05, 3.63) is 40.8 Å². The van der Waals surface area contributed by atoms with Gasteiger partial charge in [-0.2, -0.15) is 0 Å². The van der Waals surface area contributed by atoms with Crippen molar-refractivity contribution in [2.75, 3.05) is 25.5 Å². The van der Waals surface area contributed by atoms with Crippen molar-refractivity contribution in [3.8, 4) is 5.69 Å². The standard InChI is InChI=1S/C19H24N4OS/c1-12(2)11-20-17(24)16-10-15-18(25-16)23(19(21-15)22(4)5)14-8-6-13(3)7-9-14/h6-10,12H,11H2,1-5H3,(H,20,24). The van der Waals surface area contributed by atoms with E-state index >= 15 is 0 Å². The number of fused-ring (bicyclic) bond motifs is 1. The van der Waals surface area contributed by atoms with Crippen molar-refractivity contribution in [2.24, 2.45) is 5.92 Å². The minimum Gasteiger partial charge on any atom is -0.351 e. The zero-order valence-electron chi connectivity index (χ0n) is 15.3. The lowest BCUT2D eigenvalue weighted by molar-refractivity contribution is 0.0953. The third kappa shape index (κ3) is 3.54. The number of aryl methyl sites for hydroxylation is 1. The summed E-state index contributed by atoms with van der Waals surface area (Å²) in [6.45, 7) is 6.92. The molecule has 0 radical (unpaired) electrons. The highest BCUT2D eigenvalue weighted by Gasteiger charge is 2.19. The Morgan fingerprint density at radius 3 is 2.56 bits per heavy atom. The molecule has 0 aliphatic carbocycles. The average Bonchev–Trinajstić information content (AvgIpc) is 3.11. The summed E-state index contributed by atoms with van der Waals surface area (Å²) in [5.74, 6) is 1.26. The van der Waals surface area contributed by atoms with Crippen molar-refractivity contribution in [2.45, 2.75) is 20.8 Å². The first kappa shape index (κ1) is 17.5. The molecule has 0 aliphatic rings. The molecule has 1 aromatic carbocycles. The topological polar surface area (TPSA) is 50.2 Å². The lowest BCUT2D eigenvalue weighted by Crippen LogP contribution is -2.26. The van der Waals surface area contributed by atoms with Gasteiger partial charge in [-0.3, -0.25) is 9.36 Å². The maximum absolute atomic E-state index is 12.4. The van der Waals surface area contributed by atoms with Gasteiger partial charge in [0, 0.05) is 26.3 Å². The molecule has 0 aliphatic heterocycles. The average molecular weight is 356 g/mol. The zero-order valence-corrected chi connectivity index (χ0v) is 16.1. The van der Waals surface area contributed by atoms with Gasteiger partial charge in [0.15, 0.2) is 0 Å². The summed E-state index contributed by atoms with van der Waals surface area (Å²) < 4.78 is 2.11. The van der Waals surface area contributed by atoms with Crippen LogP contribution in [0.1, 0.15) is 29.1 Å². The lowest BCUT2D eigenvalue weighted by atomic mass is 10.2. The number of anilines is 1. The maximum atomic E-state index is 12.4. The number of imidazole rings is 1. The number of thiophene rings is 1. The Morgan fingerprint density at radius 1 is 1.28 bits per heavy atom. The van der Waals surface area contributed by atoms with Crippen LogP contribution in [-0.2, 0) is 0 Å². The van der Waals surface area contributed by atoms with Crippen molar-refractivity contribution in [1.82, 2.24) is 14.9 Å². The van der Waals surface area contributed by atoms with E-state index in [1.165, 1.54) is 16.9 Å². The highest BCUT2D eigenvalue weighted by atomic mass is 32.1. The molecule has 0 saturated carbocycles. The van der Waals surface area contributed by atoms with Crippen LogP contribution < -0.4 is 10.2 Å². The number of nitrogens with zero attached hydrogens (tertiary/aromatic N) is 3. The molecular formula is C19H24N4OS. The molecule has 6 heteroatoms. The van der Waals surface area contributed by atoms with E-state index in [9.17, 15) is 4.79 Å². The van der Waals surface area contributed by atoms with E-state index in [0.717, 1.165) is 22.0 Å². The fourth-order valence-corrected chi connectivity index (χ4v) is 3.61. The molecule has 2 heterocycles. The van der Waals surface area contributed by atoms with Gasteiger partial charge in [0.1, 0.15) is 10.3 Å². The Hall–Kier alpha value is -2.34. The molecule has 3 aromatic rings. The number of hydrogen-bond acceptors (Lipinski definition) is 4. The molecule has 1 N–H and O–H groups in total. The third-order valence-corrected chi connectivity index (χ3v) is 5.01. The summed E-state index contributed by atoms with van der Waals surface area (Å²) in [4.78, 5) is 20.8. The van der Waals surface area contributed by atoms with E-state index in [-0.39, 0.29) is 5.91 Å². The van der Waals surface area contributed by atoms with Gasteiger partial charge < -0.3 is 10.2 Å². The van der Waals surface area contributed by atoms with Crippen LogP contribution in [0.3, 0.4) is 0 Å². The Kier molecular flexibility index (Phi) is 4.81. The Morgan fingerprint density at radius 2 is 1.96 bits per heavy atom. The zero-order chi connectivity index (χ0) is 18.1. The fourth-order valence-electron chi connectivity index (χ4n) is 2.58. The number of benzene rings is 1. The largest absolute Gasteiger partial charge is 0.351 e. The van der Waals surface area contributed by atoms with Crippen LogP contribution in [0.25, 0.3) is 16.0 Å². The molecule has 1 amide bonds. The number of aromatic nitrogens is 2. The molecule has 25 heavy (non-hydrogen) atoms. The normalized spacial score (nSPS) is 11.3. The second-order valence-corrected chi connectivity index (χ2v) is 7.91. The van der Waals surface area contributed by atoms with Crippen LogP contribution in [0.2, 0.25) is 0 Å². The van der Waals surface area contributed by atoms with E-state index in [4.69, 9.17) is 4.98 Å². The molecule has 0 atom stereocenters. The van der Waals surface area contributed by atoms with Gasteiger partial charge in [0.2, 0.25) is 5.95 Å². The van der Waals surface area contributed by atoms with Crippen molar-refractivity contribution >= 4 is 33.5 Å². The second kappa shape index (κ2) is 6.88. The summed E-state index contributed by atoms with van der Waals surface area (Å²) in [7, 11) is 3.96. The predicted octanol–water partition coefficient (Wildman–Crippen LogP) is 3.85. The van der Waals surface area contributed by atoms with Gasteiger partial charge in [-0.05, 0) is 31.0 Å². The molecule has 3 rings (SSSR count). The Bertz CT molecular complexity index is 890. The van der Waals surface area contributed by atoms with Crippen molar-refractivity contribution in [1.29, 1.82) is 0 Å². The van der Waals surface area contributed by atoms with Crippen molar-refractivity contribution < 1.29 is 4.79 Å². The summed E-state index contributed by atoms with van der Waals surface area (Å²) in [6, 6.07) is 10.2. The number of carbonyl (C=O) groups excluding carboxylic acids is 1. The molecule has 0 bridgehead atoms. The number of hydrogen-bond donors (Lipinski definition) is 1. The van der Waals surface area contributed by atoms with E-state index < -0.39 is 0 Å². The van der Waals surface area contributed by atoms with Crippen LogP contribution in [0.5, 0.6) is 0 Å². The van der Waals surface area contributed by atoms with Crippen LogP contribution >= 0.6 is 11.3 Å². The van der Waals surface area contributed by atoms with Crippen LogP contribution in [0.15, 0.2) is 30.3 Å². The first-order valence-corrected chi connectivity index (χ1v) is 9.23. The molecule has 132 valence electrons. The first-order valence-electron chi connectivity index (χ1n) is 8.41. The molecule has 2 aromatic heterocycles. The van der Waals surface area contributed by atoms with E-state index in [1.54, 1.807) is 0 Å². The van der Waals surface area contributed by atoms with Gasteiger partial charge in [0.05, 0.1) is 4.88 Å². The summed E-state index contributed by atoms with van der Waals surface area (Å²) >= 11 is 1.48. The van der Waals surface area contributed by atoms with Gasteiger partial charge in [-0.1, -0.05) is 31.5 Å². The van der Waals surface area contributed by atoms with Gasteiger partial charge in [-0.15, -0.1) is 11.3 Å². The molecule has 0 saturated heterocycles. The number of amides is 1. The Balaban J connectivity index is 2.05. The quantitative estimate of drug-likeness (QED) is 0.755. The summed E-state index contributed by atoms with van der Waals surface area (Å²) in [6.07, 6.45) is 0. The van der Waals surface area contributed by atoms with Gasteiger partial charge in [-0.25, -0.2) is 4.98 Å². The van der Waals surface area contributed by atoms with Crippen LogP contribution in [-0.4, -0.2) is 36.1 Å². The number of nitrogens with one attached hydrogen (secondary N) is 1. The number of carbonyl (C=O) groups is 1. The van der Waals surface area contributed by atoms with Crippen LogP contribution in [0, 0.1) is 12.8 Å². The first-order chi connectivity index (χ1) is 11.9. The van der Waals surface area contributed by atoms with E-state index in [0.29, 0.717) is 17.3 Å². The van der Waals surface area contributed by atoms with Gasteiger partial charge >= 0.3 is 0 Å². The summed E-state index contributed by atoms with van der Waals surface area (Å²) in [5.41, 5.74) is 3.11. The minimum atomic E-state index is -0.0291. The SMILES string of the molecule is Cc1ccc(-n2c(N(C)C)nc3cc(C(=O)NCC(C)C)sc32)cc1. The van der Waals surface area contributed by atoms with E-state index in [1.807, 2.05) is 25.1 Å². The lowest BCUT2D eigenvalue weighted by Gasteiger charge is -2.15. The number of rotatable bonds is 5.